The number of anilines is 1. The van der Waals surface area contributed by atoms with Gasteiger partial charge in [-0.2, -0.15) is 5.26 Å². The minimum atomic E-state index is 0.404. The lowest BCUT2D eigenvalue weighted by atomic mass is 10.3. The van der Waals surface area contributed by atoms with E-state index in [-0.39, 0.29) is 0 Å². The smallest absolute Gasteiger partial charge is 0.128 e. The van der Waals surface area contributed by atoms with Crippen LogP contribution in [0, 0.1) is 11.3 Å². The number of rotatable bonds is 2. The zero-order valence-corrected chi connectivity index (χ0v) is 8.11. The summed E-state index contributed by atoms with van der Waals surface area (Å²) < 4.78 is 0. The van der Waals surface area contributed by atoms with E-state index in [9.17, 15) is 0 Å². The third kappa shape index (κ3) is 1.85. The summed E-state index contributed by atoms with van der Waals surface area (Å²) in [5, 5.41) is 8.57. The van der Waals surface area contributed by atoms with E-state index in [4.69, 9.17) is 5.26 Å². The lowest BCUT2D eigenvalue weighted by Crippen LogP contribution is -2.19. The zero-order valence-electron chi connectivity index (χ0n) is 8.11. The van der Waals surface area contributed by atoms with Gasteiger partial charge in [-0.15, -0.1) is 0 Å². The maximum Gasteiger partial charge on any atom is 0.128 e. The average Bonchev–Trinajstić information content (AvgIpc) is 2.71. The van der Waals surface area contributed by atoms with Gasteiger partial charge in [-0.1, -0.05) is 6.07 Å². The SMILES string of the molecule is N#CCc1cccc(N2CCCC2)n1. The van der Waals surface area contributed by atoms with E-state index in [2.05, 4.69) is 16.0 Å². The Hall–Kier alpha value is -1.56. The fraction of sp³-hybridized carbons (Fsp3) is 0.455. The molecule has 0 amide bonds. The van der Waals surface area contributed by atoms with Crippen molar-refractivity contribution in [2.45, 2.75) is 19.3 Å². The van der Waals surface area contributed by atoms with Crippen molar-refractivity contribution in [2.75, 3.05) is 18.0 Å². The van der Waals surface area contributed by atoms with Crippen molar-refractivity contribution >= 4 is 5.82 Å². The highest BCUT2D eigenvalue weighted by atomic mass is 15.2. The lowest BCUT2D eigenvalue weighted by molar-refractivity contribution is 0.923. The van der Waals surface area contributed by atoms with Crippen LogP contribution in [0.4, 0.5) is 5.82 Å². The first-order valence-corrected chi connectivity index (χ1v) is 4.98. The second-order valence-corrected chi connectivity index (χ2v) is 3.52. The molecule has 2 rings (SSSR count). The van der Waals surface area contributed by atoms with Crippen LogP contribution in [0.25, 0.3) is 0 Å². The summed E-state index contributed by atoms with van der Waals surface area (Å²) in [6.45, 7) is 2.20. The number of nitrogens with zero attached hydrogens (tertiary/aromatic N) is 3. The molecule has 0 spiro atoms. The van der Waals surface area contributed by atoms with Crippen molar-refractivity contribution in [2.24, 2.45) is 0 Å². The molecule has 1 fully saturated rings. The van der Waals surface area contributed by atoms with Gasteiger partial charge in [-0.25, -0.2) is 4.98 Å². The Labute approximate surface area is 84.0 Å². The monoisotopic (exact) mass is 187 g/mol. The van der Waals surface area contributed by atoms with Crippen molar-refractivity contribution < 1.29 is 0 Å². The molecule has 14 heavy (non-hydrogen) atoms. The van der Waals surface area contributed by atoms with E-state index in [1.165, 1.54) is 12.8 Å². The van der Waals surface area contributed by atoms with Gasteiger partial charge in [0.2, 0.25) is 0 Å². The molecule has 3 heteroatoms. The first-order chi connectivity index (χ1) is 6.90. The quantitative estimate of drug-likeness (QED) is 0.708. The molecule has 1 aromatic heterocycles. The Morgan fingerprint density at radius 1 is 1.36 bits per heavy atom. The maximum atomic E-state index is 8.57. The zero-order chi connectivity index (χ0) is 9.80. The van der Waals surface area contributed by atoms with E-state index in [0.29, 0.717) is 6.42 Å². The first-order valence-electron chi connectivity index (χ1n) is 4.98. The molecule has 0 atom stereocenters. The van der Waals surface area contributed by atoms with Crippen LogP contribution in [-0.2, 0) is 6.42 Å². The van der Waals surface area contributed by atoms with Crippen LogP contribution < -0.4 is 4.90 Å². The number of hydrogen-bond donors (Lipinski definition) is 0. The first kappa shape index (κ1) is 9.01. The Morgan fingerprint density at radius 2 is 2.14 bits per heavy atom. The summed E-state index contributed by atoms with van der Waals surface area (Å²) in [6, 6.07) is 8.03. The van der Waals surface area contributed by atoms with Crippen LogP contribution in [0.3, 0.4) is 0 Å². The second kappa shape index (κ2) is 4.10. The van der Waals surface area contributed by atoms with Crippen LogP contribution in [0.1, 0.15) is 18.5 Å². The van der Waals surface area contributed by atoms with Crippen molar-refractivity contribution in [3.63, 3.8) is 0 Å². The summed E-state index contributed by atoms with van der Waals surface area (Å²) >= 11 is 0. The van der Waals surface area contributed by atoms with Crippen molar-refractivity contribution in [3.8, 4) is 6.07 Å². The molecule has 1 aliphatic heterocycles. The fourth-order valence-electron chi connectivity index (χ4n) is 1.77. The third-order valence-corrected chi connectivity index (χ3v) is 2.48. The number of hydrogen-bond acceptors (Lipinski definition) is 3. The molecule has 2 heterocycles. The van der Waals surface area contributed by atoms with Gasteiger partial charge < -0.3 is 4.90 Å². The maximum absolute atomic E-state index is 8.57. The van der Waals surface area contributed by atoms with Crippen LogP contribution in [0.5, 0.6) is 0 Å². The molecule has 1 aromatic rings. The van der Waals surface area contributed by atoms with E-state index in [1.807, 2.05) is 18.2 Å². The van der Waals surface area contributed by atoms with Gasteiger partial charge in [0.25, 0.3) is 0 Å². The number of nitriles is 1. The lowest BCUT2D eigenvalue weighted by Gasteiger charge is -2.16. The van der Waals surface area contributed by atoms with Crippen molar-refractivity contribution in [1.82, 2.24) is 4.98 Å². The molecule has 1 saturated heterocycles. The predicted octanol–water partition coefficient (Wildman–Crippen LogP) is 1.75. The molecule has 0 aliphatic carbocycles. The number of aromatic nitrogens is 1. The van der Waals surface area contributed by atoms with Crippen molar-refractivity contribution in [3.05, 3.63) is 23.9 Å². The van der Waals surface area contributed by atoms with E-state index < -0.39 is 0 Å². The largest absolute Gasteiger partial charge is 0.357 e. The molecule has 1 aliphatic rings. The van der Waals surface area contributed by atoms with Crippen LogP contribution in [-0.4, -0.2) is 18.1 Å². The molecule has 3 nitrogen and oxygen atoms in total. The Morgan fingerprint density at radius 3 is 2.86 bits per heavy atom. The summed E-state index contributed by atoms with van der Waals surface area (Å²) in [5.41, 5.74) is 0.872. The minimum Gasteiger partial charge on any atom is -0.357 e. The second-order valence-electron chi connectivity index (χ2n) is 3.52. The summed E-state index contributed by atoms with van der Waals surface area (Å²) in [6.07, 6.45) is 2.91. The van der Waals surface area contributed by atoms with E-state index in [1.54, 1.807) is 0 Å². The molecular weight excluding hydrogens is 174 g/mol. The van der Waals surface area contributed by atoms with Gasteiger partial charge in [0.1, 0.15) is 5.82 Å². The molecule has 72 valence electrons. The number of pyridine rings is 1. The van der Waals surface area contributed by atoms with Gasteiger partial charge in [-0.3, -0.25) is 0 Å². The van der Waals surface area contributed by atoms with Crippen LogP contribution in [0.2, 0.25) is 0 Å². The predicted molar refractivity (Wildman–Crippen MR) is 55.0 cm³/mol. The molecule has 0 N–H and O–H groups in total. The highest BCUT2D eigenvalue weighted by Crippen LogP contribution is 2.17. The van der Waals surface area contributed by atoms with Gasteiger partial charge in [0, 0.05) is 13.1 Å². The van der Waals surface area contributed by atoms with Crippen LogP contribution >= 0.6 is 0 Å². The minimum absolute atomic E-state index is 0.404. The molecule has 0 aromatic carbocycles. The third-order valence-electron chi connectivity index (χ3n) is 2.48. The Bertz CT molecular complexity index is 348. The summed E-state index contributed by atoms with van der Waals surface area (Å²) in [4.78, 5) is 6.73. The summed E-state index contributed by atoms with van der Waals surface area (Å²) in [7, 11) is 0. The van der Waals surface area contributed by atoms with Gasteiger partial charge in [0.05, 0.1) is 18.2 Å². The molecule has 0 unspecified atom stereocenters. The molecular formula is C11H13N3. The highest BCUT2D eigenvalue weighted by molar-refractivity contribution is 5.40. The fourth-order valence-corrected chi connectivity index (χ4v) is 1.77. The van der Waals surface area contributed by atoms with Crippen LogP contribution in [0.15, 0.2) is 18.2 Å². The topological polar surface area (TPSA) is 39.9 Å². The average molecular weight is 187 g/mol. The van der Waals surface area contributed by atoms with Gasteiger partial charge in [0.15, 0.2) is 0 Å². The van der Waals surface area contributed by atoms with E-state index in [0.717, 1.165) is 24.6 Å². The normalized spacial score (nSPS) is 15.5. The van der Waals surface area contributed by atoms with E-state index >= 15 is 0 Å². The Kier molecular flexibility index (Phi) is 2.64. The Balaban J connectivity index is 2.17. The molecule has 0 saturated carbocycles. The highest BCUT2D eigenvalue weighted by Gasteiger charge is 2.13. The van der Waals surface area contributed by atoms with Crippen molar-refractivity contribution in [1.29, 1.82) is 5.26 Å². The van der Waals surface area contributed by atoms with Gasteiger partial charge in [-0.05, 0) is 25.0 Å². The molecule has 0 radical (unpaired) electrons. The standard InChI is InChI=1S/C11H13N3/c12-7-6-10-4-3-5-11(13-10)14-8-1-2-9-14/h3-5H,1-2,6,8-9H2. The summed E-state index contributed by atoms with van der Waals surface area (Å²) in [5.74, 6) is 1.02. The molecule has 0 bridgehead atoms. The van der Waals surface area contributed by atoms with Gasteiger partial charge >= 0.3 is 0 Å².